The van der Waals surface area contributed by atoms with E-state index in [9.17, 15) is 18.0 Å². The number of hydrogen-bond donors (Lipinski definition) is 2. The molecule has 0 spiro atoms. The molecule has 18 heavy (non-hydrogen) atoms. The number of benzene rings is 1. The van der Waals surface area contributed by atoms with E-state index in [0.717, 1.165) is 6.07 Å². The van der Waals surface area contributed by atoms with Gasteiger partial charge >= 0.3 is 5.97 Å². The number of nitrogens with two attached hydrogens (primary N) is 1. The molecule has 1 aromatic carbocycles. The van der Waals surface area contributed by atoms with Gasteiger partial charge in [-0.25, -0.2) is 13.2 Å². The largest absolute Gasteiger partial charge is 0.478 e. The Kier molecular flexibility index (Phi) is 3.76. The van der Waals surface area contributed by atoms with Crippen molar-refractivity contribution in [1.29, 1.82) is 0 Å². The lowest BCUT2D eigenvalue weighted by Gasteiger charge is -2.12. The van der Waals surface area contributed by atoms with E-state index in [1.165, 1.54) is 26.0 Å². The minimum absolute atomic E-state index is 0.157. The fraction of sp³-hybridized carbons (Fsp3) is 0.273. The van der Waals surface area contributed by atoms with E-state index < -0.39 is 27.0 Å². The summed E-state index contributed by atoms with van der Waals surface area (Å²) in [5.74, 6) is -2.21. The number of carbonyl (C=O) groups is 2. The quantitative estimate of drug-likeness (QED) is 0.819. The summed E-state index contributed by atoms with van der Waals surface area (Å²) in [4.78, 5) is 21.6. The zero-order chi connectivity index (χ0) is 14.1. The molecule has 0 bridgehead atoms. The van der Waals surface area contributed by atoms with Crippen LogP contribution in [0, 0.1) is 6.92 Å². The van der Waals surface area contributed by atoms with Gasteiger partial charge in [0.05, 0.1) is 10.5 Å². The van der Waals surface area contributed by atoms with Gasteiger partial charge in [0.25, 0.3) is 0 Å². The first kappa shape index (κ1) is 14.2. The molecule has 1 rings (SSSR count). The molecular formula is C11H13NO5S. The molecule has 3 N–H and O–H groups in total. The number of primary amides is 1. The average molecular weight is 271 g/mol. The maximum atomic E-state index is 12.1. The van der Waals surface area contributed by atoms with Crippen LogP contribution in [0.15, 0.2) is 23.1 Å². The second-order valence-electron chi connectivity index (χ2n) is 3.88. The second-order valence-corrected chi connectivity index (χ2v) is 6.11. The normalized spacial score (nSPS) is 13.0. The van der Waals surface area contributed by atoms with E-state index in [2.05, 4.69) is 0 Å². The summed E-state index contributed by atoms with van der Waals surface area (Å²) in [7, 11) is -3.96. The molecular weight excluding hydrogens is 258 g/mol. The Morgan fingerprint density at radius 3 is 2.33 bits per heavy atom. The summed E-state index contributed by atoms with van der Waals surface area (Å²) >= 11 is 0. The van der Waals surface area contributed by atoms with Crippen LogP contribution in [0.1, 0.15) is 22.8 Å². The molecule has 0 aliphatic carbocycles. The fourth-order valence-corrected chi connectivity index (χ4v) is 2.88. The first-order valence-corrected chi connectivity index (χ1v) is 6.59. The number of rotatable bonds is 4. The lowest BCUT2D eigenvalue weighted by Crippen LogP contribution is -2.33. The van der Waals surface area contributed by atoms with Crippen molar-refractivity contribution in [2.24, 2.45) is 5.73 Å². The Morgan fingerprint density at radius 2 is 1.89 bits per heavy atom. The first-order valence-electron chi connectivity index (χ1n) is 5.05. The monoisotopic (exact) mass is 271 g/mol. The highest BCUT2D eigenvalue weighted by Crippen LogP contribution is 2.21. The van der Waals surface area contributed by atoms with E-state index in [1.54, 1.807) is 0 Å². The van der Waals surface area contributed by atoms with Crippen molar-refractivity contribution in [2.45, 2.75) is 24.0 Å². The van der Waals surface area contributed by atoms with Crippen LogP contribution in [0.4, 0.5) is 0 Å². The molecule has 1 unspecified atom stereocenters. The molecule has 1 atom stereocenters. The molecule has 0 aromatic heterocycles. The van der Waals surface area contributed by atoms with Gasteiger partial charge in [0.2, 0.25) is 5.91 Å². The van der Waals surface area contributed by atoms with Crippen molar-refractivity contribution in [3.63, 3.8) is 0 Å². The molecule has 0 aliphatic heterocycles. The summed E-state index contributed by atoms with van der Waals surface area (Å²) < 4.78 is 24.2. The minimum atomic E-state index is -3.96. The van der Waals surface area contributed by atoms with E-state index in [0.29, 0.717) is 5.56 Å². The number of aromatic carboxylic acids is 1. The van der Waals surface area contributed by atoms with E-state index >= 15 is 0 Å². The van der Waals surface area contributed by atoms with Crippen LogP contribution in [0.3, 0.4) is 0 Å². The number of carboxylic acids is 1. The topological polar surface area (TPSA) is 115 Å². The molecule has 0 heterocycles. The standard InChI is InChI=1S/C11H13NO5S/c1-6-3-4-8(11(14)15)5-9(6)18(16,17)7(2)10(12)13/h3-5,7H,1-2H3,(H2,12,13)(H,14,15). The number of carbonyl (C=O) groups excluding carboxylic acids is 1. The summed E-state index contributed by atoms with van der Waals surface area (Å²) in [6.45, 7) is 2.69. The molecule has 6 nitrogen and oxygen atoms in total. The van der Waals surface area contributed by atoms with E-state index in [4.69, 9.17) is 10.8 Å². The molecule has 0 radical (unpaired) electrons. The highest BCUT2D eigenvalue weighted by Gasteiger charge is 2.29. The number of aryl methyl sites for hydroxylation is 1. The average Bonchev–Trinajstić information content (AvgIpc) is 2.27. The molecule has 0 aliphatic rings. The molecule has 98 valence electrons. The van der Waals surface area contributed by atoms with E-state index in [-0.39, 0.29) is 10.5 Å². The maximum absolute atomic E-state index is 12.1. The van der Waals surface area contributed by atoms with Crippen molar-refractivity contribution >= 4 is 21.7 Å². The van der Waals surface area contributed by atoms with Crippen LogP contribution < -0.4 is 5.73 Å². The van der Waals surface area contributed by atoms with Gasteiger partial charge in [-0.05, 0) is 31.5 Å². The van der Waals surface area contributed by atoms with Crippen molar-refractivity contribution in [3.8, 4) is 0 Å². The minimum Gasteiger partial charge on any atom is -0.478 e. The second kappa shape index (κ2) is 4.77. The highest BCUT2D eigenvalue weighted by atomic mass is 32.2. The lowest BCUT2D eigenvalue weighted by molar-refractivity contribution is -0.117. The van der Waals surface area contributed by atoms with Crippen molar-refractivity contribution in [3.05, 3.63) is 29.3 Å². The Bertz CT molecular complexity index is 606. The molecule has 0 saturated carbocycles. The molecule has 1 aromatic rings. The van der Waals surface area contributed by atoms with Crippen molar-refractivity contribution < 1.29 is 23.1 Å². The molecule has 7 heteroatoms. The number of sulfone groups is 1. The van der Waals surface area contributed by atoms with Crippen molar-refractivity contribution in [2.75, 3.05) is 0 Å². The van der Waals surface area contributed by atoms with Crippen LogP contribution in [0.5, 0.6) is 0 Å². The summed E-state index contributed by atoms with van der Waals surface area (Å²) in [6.07, 6.45) is 0. The molecule has 0 saturated heterocycles. The van der Waals surface area contributed by atoms with Gasteiger partial charge in [-0.3, -0.25) is 4.79 Å². The number of amides is 1. The summed E-state index contributed by atoms with van der Waals surface area (Å²) in [5.41, 5.74) is 5.18. The van der Waals surface area contributed by atoms with Gasteiger partial charge in [-0.2, -0.15) is 0 Å². The van der Waals surface area contributed by atoms with E-state index in [1.807, 2.05) is 0 Å². The highest BCUT2D eigenvalue weighted by molar-refractivity contribution is 7.92. The van der Waals surface area contributed by atoms with Crippen LogP contribution >= 0.6 is 0 Å². The maximum Gasteiger partial charge on any atom is 0.335 e. The number of carboxylic acid groups (broad SMARTS) is 1. The predicted octanol–water partition coefficient (Wildman–Crippen LogP) is 0.341. The van der Waals surface area contributed by atoms with Crippen LogP contribution in [-0.4, -0.2) is 30.7 Å². The van der Waals surface area contributed by atoms with Gasteiger partial charge in [0, 0.05) is 0 Å². The lowest BCUT2D eigenvalue weighted by atomic mass is 10.1. The van der Waals surface area contributed by atoms with Gasteiger partial charge in [0.15, 0.2) is 9.84 Å². The Hall–Kier alpha value is -1.89. The predicted molar refractivity (Wildman–Crippen MR) is 64.0 cm³/mol. The third-order valence-electron chi connectivity index (χ3n) is 2.61. The SMILES string of the molecule is Cc1ccc(C(=O)O)cc1S(=O)(=O)C(C)C(N)=O. The number of hydrogen-bond acceptors (Lipinski definition) is 4. The van der Waals surface area contributed by atoms with Crippen LogP contribution in [0.25, 0.3) is 0 Å². The smallest absolute Gasteiger partial charge is 0.335 e. The van der Waals surface area contributed by atoms with Gasteiger partial charge in [-0.1, -0.05) is 6.07 Å². The Morgan fingerprint density at radius 1 is 1.33 bits per heavy atom. The Balaban J connectivity index is 3.45. The van der Waals surface area contributed by atoms with Gasteiger partial charge in [-0.15, -0.1) is 0 Å². The molecule has 1 amide bonds. The van der Waals surface area contributed by atoms with Crippen LogP contribution in [0.2, 0.25) is 0 Å². The van der Waals surface area contributed by atoms with Crippen molar-refractivity contribution in [1.82, 2.24) is 0 Å². The zero-order valence-corrected chi connectivity index (χ0v) is 10.7. The summed E-state index contributed by atoms with van der Waals surface area (Å²) in [5, 5.41) is 7.42. The van der Waals surface area contributed by atoms with Gasteiger partial charge in [0.1, 0.15) is 5.25 Å². The Labute approximate surface area is 104 Å². The fourth-order valence-electron chi connectivity index (χ4n) is 1.38. The summed E-state index contributed by atoms with van der Waals surface area (Å²) in [6, 6.07) is 3.71. The third kappa shape index (κ3) is 2.51. The third-order valence-corrected chi connectivity index (χ3v) is 4.82. The zero-order valence-electron chi connectivity index (χ0n) is 9.88. The van der Waals surface area contributed by atoms with Crippen LogP contribution in [-0.2, 0) is 14.6 Å². The van der Waals surface area contributed by atoms with Gasteiger partial charge < -0.3 is 10.8 Å². The molecule has 0 fully saturated rings. The first-order chi connectivity index (χ1) is 8.17.